The Kier molecular flexibility index (Phi) is 4.59. The summed E-state index contributed by atoms with van der Waals surface area (Å²) >= 11 is 6.23. The summed E-state index contributed by atoms with van der Waals surface area (Å²) in [5.41, 5.74) is 5.56. The van der Waals surface area contributed by atoms with Crippen LogP contribution in [0.5, 0.6) is 0 Å². The molecule has 4 bridgehead atoms. The van der Waals surface area contributed by atoms with Gasteiger partial charge in [0, 0.05) is 17.1 Å². The van der Waals surface area contributed by atoms with Crippen molar-refractivity contribution in [3.63, 3.8) is 0 Å². The van der Waals surface area contributed by atoms with Crippen molar-refractivity contribution >= 4 is 11.6 Å². The van der Waals surface area contributed by atoms with Gasteiger partial charge in [0.2, 0.25) is 0 Å². The van der Waals surface area contributed by atoms with Crippen LogP contribution in [-0.2, 0) is 18.3 Å². The second-order valence-electron chi connectivity index (χ2n) is 11.2. The zero-order chi connectivity index (χ0) is 20.3. The molecular weight excluding hydrogens is 386 g/mol. The molecule has 30 heavy (non-hydrogen) atoms. The summed E-state index contributed by atoms with van der Waals surface area (Å²) in [6.07, 6.45) is 12.2. The summed E-state index contributed by atoms with van der Waals surface area (Å²) in [7, 11) is 0. The van der Waals surface area contributed by atoms with Crippen molar-refractivity contribution in [2.75, 3.05) is 0 Å². The lowest BCUT2D eigenvalue weighted by molar-refractivity contribution is -0.0897. The highest BCUT2D eigenvalue weighted by Gasteiger charge is 2.59. The van der Waals surface area contributed by atoms with Gasteiger partial charge in [0.05, 0.1) is 0 Å². The fourth-order valence-corrected chi connectivity index (χ4v) is 8.48. The van der Waals surface area contributed by atoms with Crippen LogP contribution in [0, 0.1) is 17.3 Å². The van der Waals surface area contributed by atoms with Crippen molar-refractivity contribution in [1.82, 2.24) is 5.32 Å². The number of nitrogens with one attached hydrogen (secondary N) is 1. The summed E-state index contributed by atoms with van der Waals surface area (Å²) in [5, 5.41) is 5.04. The number of aryl methyl sites for hydroxylation is 1. The van der Waals surface area contributed by atoms with Crippen LogP contribution in [0.2, 0.25) is 5.02 Å². The number of rotatable bonds is 4. The van der Waals surface area contributed by atoms with Crippen molar-refractivity contribution in [2.24, 2.45) is 17.3 Å². The van der Waals surface area contributed by atoms with Gasteiger partial charge < -0.3 is 5.32 Å². The van der Waals surface area contributed by atoms with E-state index in [0.29, 0.717) is 22.9 Å². The third kappa shape index (κ3) is 3.16. The predicted molar refractivity (Wildman–Crippen MR) is 125 cm³/mol. The van der Waals surface area contributed by atoms with E-state index in [0.717, 1.165) is 16.9 Å². The molecule has 158 valence electrons. The Morgan fingerprint density at radius 2 is 1.63 bits per heavy atom. The Labute approximate surface area is 186 Å². The van der Waals surface area contributed by atoms with E-state index in [9.17, 15) is 0 Å². The largest absolute Gasteiger partial charge is 0.311 e. The van der Waals surface area contributed by atoms with E-state index in [2.05, 4.69) is 60.8 Å². The molecule has 4 atom stereocenters. The highest BCUT2D eigenvalue weighted by atomic mass is 35.5. The molecule has 1 nitrogen and oxygen atoms in total. The summed E-state index contributed by atoms with van der Waals surface area (Å²) < 4.78 is 0. The maximum atomic E-state index is 6.23. The molecule has 0 spiro atoms. The molecule has 1 N–H and O–H groups in total. The lowest BCUT2D eigenvalue weighted by Gasteiger charge is -2.64. The molecule has 0 saturated heterocycles. The Morgan fingerprint density at radius 3 is 2.37 bits per heavy atom. The molecular formula is C28H34ClN. The first kappa shape index (κ1) is 19.4. The van der Waals surface area contributed by atoms with E-state index in [4.69, 9.17) is 11.6 Å². The van der Waals surface area contributed by atoms with Crippen molar-refractivity contribution in [3.8, 4) is 0 Å². The highest BCUT2D eigenvalue weighted by molar-refractivity contribution is 6.30. The van der Waals surface area contributed by atoms with Gasteiger partial charge in [-0.25, -0.2) is 0 Å². The quantitative estimate of drug-likeness (QED) is 0.580. The van der Waals surface area contributed by atoms with Crippen LogP contribution in [0.1, 0.15) is 68.6 Å². The fourth-order valence-electron chi connectivity index (χ4n) is 8.35. The number of halogens is 1. The molecule has 0 unspecified atom stereocenters. The molecule has 0 aromatic heterocycles. The third-order valence-electron chi connectivity index (χ3n) is 9.31. The highest BCUT2D eigenvalue weighted by Crippen LogP contribution is 2.66. The van der Waals surface area contributed by atoms with Gasteiger partial charge in [0.1, 0.15) is 0 Å². The topological polar surface area (TPSA) is 12.0 Å². The number of fused-ring (bicyclic) bond motifs is 1. The average molecular weight is 420 g/mol. The summed E-state index contributed by atoms with van der Waals surface area (Å²) in [4.78, 5) is 0. The van der Waals surface area contributed by atoms with Gasteiger partial charge in [-0.1, -0.05) is 48.0 Å². The number of benzene rings is 2. The molecule has 0 aliphatic heterocycles. The standard InChI is InChI=1S/C28H34ClN/c1-19(30-26-11-6-22-4-2-3-5-23(22)13-26)27-14-20-12-21(15-27)17-28(16-20,18-27)24-7-9-25(29)10-8-24/h2-5,7-10,19-21,26,30H,6,11-18H2,1H3/t19-,20+,21+,26-,27?,28?/m0/s1. The van der Waals surface area contributed by atoms with Crippen molar-refractivity contribution < 1.29 is 0 Å². The molecule has 5 aliphatic carbocycles. The van der Waals surface area contributed by atoms with E-state index in [1.54, 1.807) is 16.7 Å². The van der Waals surface area contributed by atoms with Gasteiger partial charge in [-0.3, -0.25) is 0 Å². The summed E-state index contributed by atoms with van der Waals surface area (Å²) in [5.74, 6) is 1.83. The smallest absolute Gasteiger partial charge is 0.0406 e. The lowest BCUT2D eigenvalue weighted by atomic mass is 9.41. The van der Waals surface area contributed by atoms with Crippen LogP contribution in [0.15, 0.2) is 48.5 Å². The normalized spacial score (nSPS) is 37.7. The Balaban J connectivity index is 1.25. The van der Waals surface area contributed by atoms with Gasteiger partial charge in [-0.2, -0.15) is 0 Å². The first-order valence-electron chi connectivity index (χ1n) is 12.1. The van der Waals surface area contributed by atoms with E-state index < -0.39 is 0 Å². The first-order chi connectivity index (χ1) is 14.5. The zero-order valence-electron chi connectivity index (χ0n) is 18.2. The molecule has 7 rings (SSSR count). The van der Waals surface area contributed by atoms with Crippen molar-refractivity contribution in [2.45, 2.75) is 82.2 Å². The van der Waals surface area contributed by atoms with Gasteiger partial charge in [-0.15, -0.1) is 0 Å². The third-order valence-corrected chi connectivity index (χ3v) is 9.57. The van der Waals surface area contributed by atoms with E-state index in [1.165, 1.54) is 57.8 Å². The van der Waals surface area contributed by atoms with Crippen LogP contribution in [-0.4, -0.2) is 12.1 Å². The Bertz CT molecular complexity index is 918. The fraction of sp³-hybridized carbons (Fsp3) is 0.571. The molecule has 0 amide bonds. The predicted octanol–water partition coefficient (Wildman–Crippen LogP) is 6.71. The molecule has 0 heterocycles. The lowest BCUT2D eigenvalue weighted by Crippen LogP contribution is -2.61. The summed E-state index contributed by atoms with van der Waals surface area (Å²) in [6, 6.07) is 19.2. The van der Waals surface area contributed by atoms with E-state index in [-0.39, 0.29) is 0 Å². The van der Waals surface area contributed by atoms with E-state index in [1.807, 2.05) is 0 Å². The second kappa shape index (κ2) is 7.10. The molecule has 4 fully saturated rings. The second-order valence-corrected chi connectivity index (χ2v) is 11.6. The minimum atomic E-state index is 0.393. The van der Waals surface area contributed by atoms with Crippen LogP contribution >= 0.6 is 11.6 Å². The van der Waals surface area contributed by atoms with Gasteiger partial charge in [-0.05, 0) is 116 Å². The van der Waals surface area contributed by atoms with Gasteiger partial charge >= 0.3 is 0 Å². The minimum absolute atomic E-state index is 0.393. The molecule has 5 aliphatic rings. The average Bonchev–Trinajstić information content (AvgIpc) is 2.73. The van der Waals surface area contributed by atoms with E-state index >= 15 is 0 Å². The Morgan fingerprint density at radius 1 is 0.933 bits per heavy atom. The maximum Gasteiger partial charge on any atom is 0.0406 e. The van der Waals surface area contributed by atoms with Crippen LogP contribution in [0.3, 0.4) is 0 Å². The molecule has 2 heteroatoms. The SMILES string of the molecule is C[C@H](N[C@H]1CCc2ccccc2C1)C12C[C@H]3C[C@@H](CC(c4ccc(Cl)cc4)(C3)C1)C2. The number of hydrogen-bond donors (Lipinski definition) is 1. The Hall–Kier alpha value is -1.31. The van der Waals surface area contributed by atoms with Gasteiger partial charge in [0.15, 0.2) is 0 Å². The number of hydrogen-bond acceptors (Lipinski definition) is 1. The zero-order valence-corrected chi connectivity index (χ0v) is 18.9. The van der Waals surface area contributed by atoms with Crippen LogP contribution < -0.4 is 5.32 Å². The van der Waals surface area contributed by atoms with Crippen molar-refractivity contribution in [3.05, 3.63) is 70.2 Å². The molecule has 0 radical (unpaired) electrons. The van der Waals surface area contributed by atoms with Crippen LogP contribution in [0.4, 0.5) is 0 Å². The van der Waals surface area contributed by atoms with Crippen LogP contribution in [0.25, 0.3) is 0 Å². The first-order valence-corrected chi connectivity index (χ1v) is 12.5. The monoisotopic (exact) mass is 419 g/mol. The van der Waals surface area contributed by atoms with Crippen molar-refractivity contribution in [1.29, 1.82) is 0 Å². The summed E-state index contributed by atoms with van der Waals surface area (Å²) in [6.45, 7) is 2.52. The van der Waals surface area contributed by atoms with Gasteiger partial charge in [0.25, 0.3) is 0 Å². The maximum absolute atomic E-state index is 6.23. The molecule has 4 saturated carbocycles. The molecule has 2 aromatic rings. The minimum Gasteiger partial charge on any atom is -0.311 e. The molecule has 2 aromatic carbocycles.